The van der Waals surface area contributed by atoms with E-state index in [4.69, 9.17) is 5.84 Å². The Morgan fingerprint density at radius 1 is 1.24 bits per heavy atom. The molecule has 1 aromatic heterocycles. The van der Waals surface area contributed by atoms with E-state index in [0.29, 0.717) is 32.4 Å². The maximum atomic E-state index is 13.4. The summed E-state index contributed by atoms with van der Waals surface area (Å²) in [5, 5.41) is 6.32. The molecule has 0 bridgehead atoms. The average molecular weight is 489 g/mol. The maximum Gasteiger partial charge on any atom is 0.243 e. The van der Waals surface area contributed by atoms with Crippen molar-refractivity contribution in [1.82, 2.24) is 19.5 Å². The Morgan fingerprint density at radius 3 is 2.65 bits per heavy atom. The number of hydrogen-bond acceptors (Lipinski definition) is 6. The topological polar surface area (TPSA) is 139 Å². The summed E-state index contributed by atoms with van der Waals surface area (Å²) in [5.41, 5.74) is 0.859. The highest BCUT2D eigenvalue weighted by molar-refractivity contribution is 7.89. The molecule has 0 saturated carbocycles. The van der Waals surface area contributed by atoms with Crippen molar-refractivity contribution in [1.29, 1.82) is 0 Å². The first-order chi connectivity index (χ1) is 16.2. The monoisotopic (exact) mass is 488 g/mol. The van der Waals surface area contributed by atoms with Crippen molar-refractivity contribution in [3.63, 3.8) is 0 Å². The molecule has 34 heavy (non-hydrogen) atoms. The number of nitrogens with two attached hydrogens (primary N) is 1. The number of nitrogens with zero attached hydrogens (tertiary/aromatic N) is 3. The molecule has 1 aromatic carbocycles. The smallest absolute Gasteiger partial charge is 0.243 e. The van der Waals surface area contributed by atoms with Gasteiger partial charge in [-0.2, -0.15) is 9.82 Å². The van der Waals surface area contributed by atoms with Crippen molar-refractivity contribution in [2.75, 3.05) is 6.54 Å². The van der Waals surface area contributed by atoms with E-state index in [2.05, 4.69) is 15.1 Å². The van der Waals surface area contributed by atoms with Gasteiger partial charge in [-0.3, -0.25) is 9.59 Å². The second kappa shape index (κ2) is 11.3. The summed E-state index contributed by atoms with van der Waals surface area (Å²) in [7, 11) is -3.89. The lowest BCUT2D eigenvalue weighted by Crippen LogP contribution is -2.53. The number of aromatic nitrogens is 1. The molecule has 1 aliphatic heterocycles. The van der Waals surface area contributed by atoms with Gasteiger partial charge in [0.05, 0.1) is 4.90 Å². The number of benzene rings is 1. The van der Waals surface area contributed by atoms with Crippen LogP contribution in [0.25, 0.3) is 0 Å². The summed E-state index contributed by atoms with van der Waals surface area (Å²) in [6, 6.07) is 8.19. The van der Waals surface area contributed by atoms with Gasteiger partial charge >= 0.3 is 0 Å². The lowest BCUT2D eigenvalue weighted by molar-refractivity contribution is -0.140. The Kier molecular flexibility index (Phi) is 8.46. The minimum Gasteiger partial charge on any atom is -0.350 e. The van der Waals surface area contributed by atoms with Crippen LogP contribution in [0.5, 0.6) is 0 Å². The third kappa shape index (κ3) is 6.45. The second-order valence-corrected chi connectivity index (χ2v) is 10.5. The van der Waals surface area contributed by atoms with Gasteiger partial charge in [0.2, 0.25) is 21.8 Å². The van der Waals surface area contributed by atoms with E-state index in [1.807, 2.05) is 19.9 Å². The Bertz CT molecular complexity index is 1110. The van der Waals surface area contributed by atoms with E-state index >= 15 is 0 Å². The molecule has 0 unspecified atom stereocenters. The number of hydrazone groups is 1. The van der Waals surface area contributed by atoms with Crippen LogP contribution in [0.3, 0.4) is 0 Å². The van der Waals surface area contributed by atoms with Crippen molar-refractivity contribution in [3.8, 4) is 0 Å². The van der Waals surface area contributed by atoms with E-state index in [9.17, 15) is 18.0 Å². The van der Waals surface area contributed by atoms with Gasteiger partial charge in [0, 0.05) is 25.5 Å². The minimum atomic E-state index is -3.89. The van der Waals surface area contributed by atoms with Gasteiger partial charge in [-0.25, -0.2) is 8.42 Å². The molecule has 184 valence electrons. The zero-order valence-electron chi connectivity index (χ0n) is 19.4. The number of rotatable bonds is 10. The molecule has 2 atom stereocenters. The number of sulfonamides is 1. The predicted octanol–water partition coefficient (Wildman–Crippen LogP) is 1.24. The van der Waals surface area contributed by atoms with Crippen LogP contribution in [0.1, 0.15) is 38.7 Å². The average Bonchev–Trinajstić information content (AvgIpc) is 3.47. The van der Waals surface area contributed by atoms with Gasteiger partial charge in [0.1, 0.15) is 18.4 Å². The van der Waals surface area contributed by atoms with E-state index in [1.165, 1.54) is 23.4 Å². The predicted molar refractivity (Wildman–Crippen MR) is 129 cm³/mol. The SMILES string of the molecule is CC(C)C[C@@H](NS(=O)(=O)c1ccccc1)C(=O)N1CCC[C@H]1C(=O)NCc1ccn(C=NN)c1. The molecule has 0 spiro atoms. The zero-order chi connectivity index (χ0) is 24.7. The van der Waals surface area contributed by atoms with Crippen LogP contribution in [0.4, 0.5) is 0 Å². The Hall–Kier alpha value is -3.18. The number of carbonyl (C=O) groups is 2. The molecule has 0 radical (unpaired) electrons. The Balaban J connectivity index is 1.70. The maximum absolute atomic E-state index is 13.4. The summed E-state index contributed by atoms with van der Waals surface area (Å²) in [6.45, 7) is 4.54. The molecule has 3 rings (SSSR count). The lowest BCUT2D eigenvalue weighted by atomic mass is 10.0. The molecular formula is C23H32N6O4S. The standard InChI is InChI=1S/C23H32N6O4S/c1-17(2)13-20(27-34(32,33)19-7-4-3-5-8-19)23(31)29-11-6-9-21(29)22(30)25-14-18-10-12-28(15-18)16-26-24/h3-5,7-8,10,12,15-17,20-21,27H,6,9,11,13-14,24H2,1-2H3,(H,25,30)/t20-,21+/m1/s1. The zero-order valence-corrected chi connectivity index (χ0v) is 20.2. The number of amides is 2. The minimum absolute atomic E-state index is 0.0726. The number of likely N-dealkylation sites (tertiary alicyclic amines) is 1. The molecule has 2 heterocycles. The van der Waals surface area contributed by atoms with Crippen LogP contribution >= 0.6 is 0 Å². The first kappa shape index (κ1) is 25.4. The lowest BCUT2D eigenvalue weighted by Gasteiger charge is -2.29. The van der Waals surface area contributed by atoms with Crippen LogP contribution < -0.4 is 15.9 Å². The normalized spacial score (nSPS) is 17.4. The van der Waals surface area contributed by atoms with E-state index in [-0.39, 0.29) is 22.6 Å². The van der Waals surface area contributed by atoms with Crippen molar-refractivity contribution >= 4 is 28.2 Å². The second-order valence-electron chi connectivity index (χ2n) is 8.76. The van der Waals surface area contributed by atoms with Crippen LogP contribution in [0.2, 0.25) is 0 Å². The first-order valence-corrected chi connectivity index (χ1v) is 12.7. The molecule has 4 N–H and O–H groups in total. The largest absolute Gasteiger partial charge is 0.350 e. The summed E-state index contributed by atoms with van der Waals surface area (Å²) in [6.07, 6.45) is 6.51. The van der Waals surface area contributed by atoms with Crippen LogP contribution in [-0.2, 0) is 26.2 Å². The fraction of sp³-hybridized carbons (Fsp3) is 0.435. The number of nitrogens with one attached hydrogen (secondary N) is 2. The van der Waals surface area contributed by atoms with Crippen molar-refractivity contribution in [2.24, 2.45) is 16.9 Å². The highest BCUT2D eigenvalue weighted by Crippen LogP contribution is 2.22. The van der Waals surface area contributed by atoms with Gasteiger partial charge in [0.15, 0.2) is 0 Å². The summed E-state index contributed by atoms with van der Waals surface area (Å²) in [5.74, 6) is 4.57. The molecule has 2 aromatic rings. The molecule has 11 heteroatoms. The van der Waals surface area contributed by atoms with Gasteiger partial charge in [-0.15, -0.1) is 0 Å². The van der Waals surface area contributed by atoms with E-state index in [1.54, 1.807) is 35.2 Å². The fourth-order valence-electron chi connectivity index (χ4n) is 4.05. The molecule has 1 saturated heterocycles. The third-order valence-corrected chi connectivity index (χ3v) is 7.12. The first-order valence-electron chi connectivity index (χ1n) is 11.3. The molecule has 1 fully saturated rings. The summed E-state index contributed by atoms with van der Waals surface area (Å²) >= 11 is 0. The van der Waals surface area contributed by atoms with Crippen LogP contribution in [-0.4, -0.2) is 54.7 Å². The van der Waals surface area contributed by atoms with Crippen molar-refractivity contribution in [2.45, 2.75) is 56.6 Å². The molecular weight excluding hydrogens is 456 g/mol. The fourth-order valence-corrected chi connectivity index (χ4v) is 5.27. The summed E-state index contributed by atoms with van der Waals surface area (Å²) < 4.78 is 30.0. The number of carbonyl (C=O) groups excluding carboxylic acids is 2. The molecule has 1 aliphatic rings. The van der Waals surface area contributed by atoms with E-state index in [0.717, 1.165) is 5.56 Å². The molecule has 0 aliphatic carbocycles. The summed E-state index contributed by atoms with van der Waals surface area (Å²) in [4.78, 5) is 28.0. The van der Waals surface area contributed by atoms with E-state index < -0.39 is 22.1 Å². The van der Waals surface area contributed by atoms with Crippen LogP contribution in [0, 0.1) is 5.92 Å². The Morgan fingerprint density at radius 2 is 1.97 bits per heavy atom. The van der Waals surface area contributed by atoms with Crippen LogP contribution in [0.15, 0.2) is 58.8 Å². The molecule has 2 amide bonds. The van der Waals surface area contributed by atoms with Gasteiger partial charge in [-0.1, -0.05) is 32.0 Å². The highest BCUT2D eigenvalue weighted by Gasteiger charge is 2.38. The van der Waals surface area contributed by atoms with Gasteiger partial charge in [0.25, 0.3) is 0 Å². The third-order valence-electron chi connectivity index (χ3n) is 5.64. The highest BCUT2D eigenvalue weighted by atomic mass is 32.2. The molecule has 10 nitrogen and oxygen atoms in total. The quantitative estimate of drug-likeness (QED) is 0.200. The van der Waals surface area contributed by atoms with Crippen molar-refractivity contribution < 1.29 is 18.0 Å². The Labute approximate surface area is 200 Å². The van der Waals surface area contributed by atoms with Crippen molar-refractivity contribution in [3.05, 3.63) is 54.4 Å². The van der Waals surface area contributed by atoms with Gasteiger partial charge in [-0.05, 0) is 48.9 Å². The number of hydrogen-bond donors (Lipinski definition) is 3. The van der Waals surface area contributed by atoms with Gasteiger partial charge < -0.3 is 20.6 Å².